The molecule has 0 bridgehead atoms. The molecule has 0 aliphatic carbocycles. The van der Waals surface area contributed by atoms with Crippen LogP contribution in [0.1, 0.15) is 23.7 Å². The highest BCUT2D eigenvalue weighted by molar-refractivity contribution is 9.10. The molecular weight excluding hydrogens is 392 g/mol. The van der Waals surface area contributed by atoms with Crippen LogP contribution in [0.15, 0.2) is 51.8 Å². The number of halogens is 2. The van der Waals surface area contributed by atoms with Crippen LogP contribution in [0.4, 0.5) is 0 Å². The summed E-state index contributed by atoms with van der Waals surface area (Å²) in [6, 6.07) is 10.3. The molecule has 0 saturated heterocycles. The van der Waals surface area contributed by atoms with Crippen LogP contribution in [0.25, 0.3) is 0 Å². The van der Waals surface area contributed by atoms with Gasteiger partial charge >= 0.3 is 10.1 Å². The SMILES string of the molecule is CCC(=O)c1ccc(OS(=O)(=O)c2ccc(Br)cc2Cl)cc1. The molecule has 0 aliphatic heterocycles. The van der Waals surface area contributed by atoms with Crippen LogP contribution < -0.4 is 4.18 Å². The maximum Gasteiger partial charge on any atom is 0.340 e. The molecule has 0 N–H and O–H groups in total. The smallest absolute Gasteiger partial charge is 0.340 e. The van der Waals surface area contributed by atoms with E-state index in [1.807, 2.05) is 0 Å². The molecule has 4 nitrogen and oxygen atoms in total. The number of carbonyl (C=O) groups is 1. The molecule has 2 aromatic carbocycles. The van der Waals surface area contributed by atoms with Crippen LogP contribution >= 0.6 is 27.5 Å². The van der Waals surface area contributed by atoms with E-state index in [1.165, 1.54) is 36.4 Å². The number of Topliss-reactive ketones (excluding diaryl/α,β-unsaturated/α-hetero) is 1. The Labute approximate surface area is 142 Å². The Hall–Kier alpha value is -1.37. The van der Waals surface area contributed by atoms with Crippen molar-refractivity contribution in [2.45, 2.75) is 18.2 Å². The second kappa shape index (κ2) is 6.81. The van der Waals surface area contributed by atoms with Gasteiger partial charge in [-0.2, -0.15) is 8.42 Å². The highest BCUT2D eigenvalue weighted by Crippen LogP contribution is 2.28. The Bertz CT molecular complexity index is 801. The molecule has 2 rings (SSSR count). The molecule has 0 saturated carbocycles. The normalized spacial score (nSPS) is 11.2. The number of benzene rings is 2. The van der Waals surface area contributed by atoms with E-state index in [-0.39, 0.29) is 21.5 Å². The van der Waals surface area contributed by atoms with Crippen molar-refractivity contribution in [3.05, 3.63) is 57.5 Å². The summed E-state index contributed by atoms with van der Waals surface area (Å²) in [4.78, 5) is 11.4. The first-order chi connectivity index (χ1) is 10.3. The highest BCUT2D eigenvalue weighted by atomic mass is 79.9. The first kappa shape index (κ1) is 17.0. The summed E-state index contributed by atoms with van der Waals surface area (Å²) in [6.07, 6.45) is 0.382. The third-order valence-corrected chi connectivity index (χ3v) is 5.09. The third kappa shape index (κ3) is 3.88. The largest absolute Gasteiger partial charge is 0.379 e. The molecule has 0 spiro atoms. The van der Waals surface area contributed by atoms with E-state index in [0.29, 0.717) is 16.5 Å². The Kier molecular flexibility index (Phi) is 5.26. The van der Waals surface area contributed by atoms with Gasteiger partial charge in [0.25, 0.3) is 0 Å². The average Bonchev–Trinajstić information content (AvgIpc) is 2.46. The van der Waals surface area contributed by atoms with Crippen molar-refractivity contribution in [1.82, 2.24) is 0 Å². The van der Waals surface area contributed by atoms with Crippen molar-refractivity contribution >= 4 is 43.4 Å². The number of hydrogen-bond acceptors (Lipinski definition) is 4. The molecule has 0 unspecified atom stereocenters. The number of carbonyl (C=O) groups excluding carboxylic acids is 1. The van der Waals surface area contributed by atoms with E-state index in [0.717, 1.165) is 0 Å². The van der Waals surface area contributed by atoms with Crippen LogP contribution in [0, 0.1) is 0 Å². The average molecular weight is 404 g/mol. The second-order valence-corrected chi connectivity index (χ2v) is 7.25. The van der Waals surface area contributed by atoms with Gasteiger partial charge in [0.2, 0.25) is 0 Å². The fourth-order valence-electron chi connectivity index (χ4n) is 1.75. The lowest BCUT2D eigenvalue weighted by atomic mass is 10.1. The van der Waals surface area contributed by atoms with Crippen molar-refractivity contribution in [2.75, 3.05) is 0 Å². The fraction of sp³-hybridized carbons (Fsp3) is 0.133. The van der Waals surface area contributed by atoms with E-state index < -0.39 is 10.1 Å². The van der Waals surface area contributed by atoms with Gasteiger partial charge in [0.05, 0.1) is 5.02 Å². The highest BCUT2D eigenvalue weighted by Gasteiger charge is 2.20. The number of ketones is 1. The minimum atomic E-state index is -4.04. The Morgan fingerprint density at radius 3 is 2.36 bits per heavy atom. The summed E-state index contributed by atoms with van der Waals surface area (Å²) in [5, 5.41) is 0.0622. The Morgan fingerprint density at radius 2 is 1.82 bits per heavy atom. The van der Waals surface area contributed by atoms with Gasteiger partial charge in [-0.05, 0) is 42.5 Å². The summed E-state index contributed by atoms with van der Waals surface area (Å²) in [7, 11) is -4.04. The quantitative estimate of drug-likeness (QED) is 0.546. The lowest BCUT2D eigenvalue weighted by molar-refractivity contribution is 0.0988. The van der Waals surface area contributed by atoms with E-state index in [2.05, 4.69) is 15.9 Å². The molecule has 116 valence electrons. The minimum Gasteiger partial charge on any atom is -0.379 e. The summed E-state index contributed by atoms with van der Waals surface area (Å²) in [5.74, 6) is 0.0944. The van der Waals surface area contributed by atoms with Gasteiger partial charge < -0.3 is 4.18 Å². The van der Waals surface area contributed by atoms with Gasteiger partial charge in [0.15, 0.2) is 5.78 Å². The number of hydrogen-bond donors (Lipinski definition) is 0. The molecule has 2 aromatic rings. The zero-order valence-electron chi connectivity index (χ0n) is 11.5. The molecule has 0 amide bonds. The van der Waals surface area contributed by atoms with Crippen LogP contribution in [-0.4, -0.2) is 14.2 Å². The standard InChI is InChI=1S/C15H12BrClO4S/c1-2-14(18)10-3-6-12(7-4-10)21-22(19,20)15-8-5-11(16)9-13(15)17/h3-9H,2H2,1H3. The first-order valence-corrected chi connectivity index (χ1v) is 8.94. The van der Waals surface area contributed by atoms with Crippen molar-refractivity contribution < 1.29 is 17.4 Å². The van der Waals surface area contributed by atoms with Gasteiger partial charge in [-0.1, -0.05) is 34.5 Å². The summed E-state index contributed by atoms with van der Waals surface area (Å²) in [5.41, 5.74) is 0.508. The molecule has 0 aliphatic rings. The van der Waals surface area contributed by atoms with Crippen molar-refractivity contribution in [3.63, 3.8) is 0 Å². The summed E-state index contributed by atoms with van der Waals surface area (Å²) >= 11 is 9.14. The maximum atomic E-state index is 12.2. The third-order valence-electron chi connectivity index (χ3n) is 2.87. The molecule has 0 heterocycles. The predicted molar refractivity (Wildman–Crippen MR) is 88.0 cm³/mol. The second-order valence-electron chi connectivity index (χ2n) is 4.41. The zero-order chi connectivity index (χ0) is 16.3. The minimum absolute atomic E-state index is 0.0228. The summed E-state index contributed by atoms with van der Waals surface area (Å²) < 4.78 is 30.1. The molecule has 22 heavy (non-hydrogen) atoms. The van der Waals surface area contributed by atoms with Crippen LogP contribution in [-0.2, 0) is 10.1 Å². The Balaban J connectivity index is 2.27. The lowest BCUT2D eigenvalue weighted by Gasteiger charge is -2.09. The Morgan fingerprint density at radius 1 is 1.18 bits per heavy atom. The van der Waals surface area contributed by atoms with Crippen molar-refractivity contribution in [1.29, 1.82) is 0 Å². The van der Waals surface area contributed by atoms with Crippen LogP contribution in [0.5, 0.6) is 5.75 Å². The van der Waals surface area contributed by atoms with Crippen molar-refractivity contribution in [3.8, 4) is 5.75 Å². The maximum absolute atomic E-state index is 12.2. The van der Waals surface area contributed by atoms with Gasteiger partial charge in [-0.15, -0.1) is 0 Å². The monoisotopic (exact) mass is 402 g/mol. The molecule has 7 heteroatoms. The first-order valence-electron chi connectivity index (χ1n) is 6.36. The van der Waals surface area contributed by atoms with Gasteiger partial charge in [-0.3, -0.25) is 4.79 Å². The summed E-state index contributed by atoms with van der Waals surface area (Å²) in [6.45, 7) is 1.76. The topological polar surface area (TPSA) is 60.4 Å². The van der Waals surface area contributed by atoms with Crippen LogP contribution in [0.2, 0.25) is 5.02 Å². The lowest BCUT2D eigenvalue weighted by Crippen LogP contribution is -2.10. The predicted octanol–water partition coefficient (Wildman–Crippen LogP) is 4.46. The van der Waals surface area contributed by atoms with Gasteiger partial charge in [0.1, 0.15) is 10.6 Å². The van der Waals surface area contributed by atoms with Gasteiger partial charge in [0, 0.05) is 16.5 Å². The van der Waals surface area contributed by atoms with Gasteiger partial charge in [-0.25, -0.2) is 0 Å². The number of rotatable bonds is 5. The van der Waals surface area contributed by atoms with E-state index in [9.17, 15) is 13.2 Å². The molecule has 0 radical (unpaired) electrons. The van der Waals surface area contributed by atoms with E-state index in [4.69, 9.17) is 15.8 Å². The molecule has 0 atom stereocenters. The van der Waals surface area contributed by atoms with Crippen molar-refractivity contribution in [2.24, 2.45) is 0 Å². The zero-order valence-corrected chi connectivity index (χ0v) is 14.7. The van der Waals surface area contributed by atoms with E-state index >= 15 is 0 Å². The molecule has 0 fully saturated rings. The molecular formula is C15H12BrClO4S. The fourth-order valence-corrected chi connectivity index (χ4v) is 3.69. The molecule has 0 aromatic heterocycles. The van der Waals surface area contributed by atoms with E-state index in [1.54, 1.807) is 13.0 Å². The van der Waals surface area contributed by atoms with Crippen LogP contribution in [0.3, 0.4) is 0 Å².